The van der Waals surface area contributed by atoms with E-state index in [1.807, 2.05) is 30.5 Å². The zero-order valence-corrected chi connectivity index (χ0v) is 11.1. The van der Waals surface area contributed by atoms with Gasteiger partial charge in [-0.15, -0.1) is 11.8 Å². The third-order valence-corrected chi connectivity index (χ3v) is 3.47. The number of carbonyl (C=O) groups excluding carboxylic acids is 1. The van der Waals surface area contributed by atoms with Crippen molar-refractivity contribution in [3.05, 3.63) is 29.8 Å². The molecule has 0 saturated heterocycles. The van der Waals surface area contributed by atoms with Crippen molar-refractivity contribution in [3.8, 4) is 0 Å². The second-order valence-electron chi connectivity index (χ2n) is 4.25. The van der Waals surface area contributed by atoms with Crippen LogP contribution in [0.5, 0.6) is 0 Å². The first-order valence-electron chi connectivity index (χ1n) is 5.84. The van der Waals surface area contributed by atoms with Crippen molar-refractivity contribution in [2.45, 2.75) is 38.0 Å². The number of benzene rings is 1. The summed E-state index contributed by atoms with van der Waals surface area (Å²) >= 11 is 1.70. The zero-order valence-electron chi connectivity index (χ0n) is 10.3. The van der Waals surface area contributed by atoms with Gasteiger partial charge in [-0.05, 0) is 24.3 Å². The molecule has 0 aliphatic carbocycles. The lowest BCUT2D eigenvalue weighted by molar-refractivity contribution is 0.0962. The molecule has 0 N–H and O–H groups in total. The summed E-state index contributed by atoms with van der Waals surface area (Å²) in [7, 11) is 0. The molecule has 0 amide bonds. The number of hydrogen-bond acceptors (Lipinski definition) is 2. The second kappa shape index (κ2) is 6.74. The Morgan fingerprint density at radius 3 is 2.44 bits per heavy atom. The van der Waals surface area contributed by atoms with E-state index in [0.717, 1.165) is 18.4 Å². The number of hydrogen-bond donors (Lipinski definition) is 0. The van der Waals surface area contributed by atoms with Gasteiger partial charge in [-0.3, -0.25) is 4.79 Å². The Morgan fingerprint density at radius 2 is 1.94 bits per heavy atom. The molecule has 2 heteroatoms. The molecular formula is C14H20OS. The summed E-state index contributed by atoms with van der Waals surface area (Å²) in [5.41, 5.74) is 0.848. The highest BCUT2D eigenvalue weighted by molar-refractivity contribution is 7.98. The molecule has 1 atom stereocenters. The van der Waals surface area contributed by atoms with E-state index in [1.54, 1.807) is 11.8 Å². The highest BCUT2D eigenvalue weighted by Gasteiger charge is 2.10. The van der Waals surface area contributed by atoms with Crippen LogP contribution in [0.3, 0.4) is 0 Å². The van der Waals surface area contributed by atoms with E-state index in [4.69, 9.17) is 0 Å². The molecular weight excluding hydrogens is 216 g/mol. The molecule has 88 valence electrons. The molecule has 0 aliphatic heterocycles. The zero-order chi connectivity index (χ0) is 12.0. The first kappa shape index (κ1) is 13.3. The van der Waals surface area contributed by atoms with Gasteiger partial charge in [0.1, 0.15) is 0 Å². The minimum atomic E-state index is 0.272. The highest BCUT2D eigenvalue weighted by atomic mass is 32.2. The van der Waals surface area contributed by atoms with Gasteiger partial charge >= 0.3 is 0 Å². The molecule has 0 spiro atoms. The Morgan fingerprint density at radius 1 is 1.31 bits per heavy atom. The normalized spacial score (nSPS) is 12.4. The van der Waals surface area contributed by atoms with Gasteiger partial charge in [0.2, 0.25) is 0 Å². The molecule has 0 radical (unpaired) electrons. The van der Waals surface area contributed by atoms with Crippen molar-refractivity contribution in [3.63, 3.8) is 0 Å². The van der Waals surface area contributed by atoms with Gasteiger partial charge in [0.05, 0.1) is 0 Å². The first-order valence-corrected chi connectivity index (χ1v) is 7.07. The Bertz CT molecular complexity index is 329. The maximum Gasteiger partial charge on any atom is 0.163 e. The van der Waals surface area contributed by atoms with Gasteiger partial charge in [0.15, 0.2) is 5.78 Å². The van der Waals surface area contributed by atoms with Gasteiger partial charge < -0.3 is 0 Å². The summed E-state index contributed by atoms with van der Waals surface area (Å²) < 4.78 is 0. The van der Waals surface area contributed by atoms with E-state index in [1.165, 1.54) is 4.90 Å². The topological polar surface area (TPSA) is 17.1 Å². The predicted octanol–water partition coefficient (Wildman–Crippen LogP) is 4.42. The van der Waals surface area contributed by atoms with Gasteiger partial charge in [-0.1, -0.05) is 38.8 Å². The fourth-order valence-corrected chi connectivity index (χ4v) is 2.21. The lowest BCUT2D eigenvalue weighted by Gasteiger charge is -2.08. The van der Waals surface area contributed by atoms with Crippen LogP contribution in [0, 0.1) is 5.92 Å². The van der Waals surface area contributed by atoms with Crippen LogP contribution in [0.4, 0.5) is 0 Å². The Labute approximate surface area is 103 Å². The average Bonchev–Trinajstić information content (AvgIpc) is 2.29. The molecule has 1 aromatic rings. The van der Waals surface area contributed by atoms with E-state index < -0.39 is 0 Å². The average molecular weight is 236 g/mol. The lowest BCUT2D eigenvalue weighted by atomic mass is 9.96. The van der Waals surface area contributed by atoms with Crippen LogP contribution in [0.25, 0.3) is 0 Å². The van der Waals surface area contributed by atoms with E-state index in [-0.39, 0.29) is 5.78 Å². The molecule has 1 unspecified atom stereocenters. The number of thioether (sulfide) groups is 1. The molecule has 1 nitrogen and oxygen atoms in total. The minimum absolute atomic E-state index is 0.272. The van der Waals surface area contributed by atoms with E-state index in [0.29, 0.717) is 12.3 Å². The SMILES string of the molecule is CCCC(C)CC(=O)c1ccc(SC)cc1. The quantitative estimate of drug-likeness (QED) is 0.537. The fourth-order valence-electron chi connectivity index (χ4n) is 1.81. The van der Waals surface area contributed by atoms with Crippen molar-refractivity contribution in [2.24, 2.45) is 5.92 Å². The summed E-state index contributed by atoms with van der Waals surface area (Å²) in [6.45, 7) is 4.31. The smallest absolute Gasteiger partial charge is 0.163 e. The van der Waals surface area contributed by atoms with E-state index >= 15 is 0 Å². The molecule has 1 rings (SSSR count). The Kier molecular flexibility index (Phi) is 5.61. The fraction of sp³-hybridized carbons (Fsp3) is 0.500. The molecule has 16 heavy (non-hydrogen) atoms. The maximum atomic E-state index is 11.9. The third-order valence-electron chi connectivity index (χ3n) is 2.73. The van der Waals surface area contributed by atoms with Crippen molar-refractivity contribution < 1.29 is 4.79 Å². The molecule has 0 fully saturated rings. The highest BCUT2D eigenvalue weighted by Crippen LogP contribution is 2.18. The number of Topliss-reactive ketones (excluding diaryl/α,β-unsaturated/α-hetero) is 1. The molecule has 0 aliphatic rings. The standard InChI is InChI=1S/C14H20OS/c1-4-5-11(2)10-14(15)12-6-8-13(16-3)9-7-12/h6-9,11H,4-5,10H2,1-3H3. The van der Waals surface area contributed by atoms with Crippen LogP contribution in [0.2, 0.25) is 0 Å². The predicted molar refractivity (Wildman–Crippen MR) is 71.2 cm³/mol. The van der Waals surface area contributed by atoms with Crippen LogP contribution in [0.1, 0.15) is 43.5 Å². The van der Waals surface area contributed by atoms with Crippen LogP contribution >= 0.6 is 11.8 Å². The summed E-state index contributed by atoms with van der Waals surface area (Å²) in [5.74, 6) is 0.770. The molecule has 0 saturated carbocycles. The van der Waals surface area contributed by atoms with Crippen LogP contribution in [-0.2, 0) is 0 Å². The molecule has 0 aromatic heterocycles. The summed E-state index contributed by atoms with van der Waals surface area (Å²) in [6.07, 6.45) is 5.00. The second-order valence-corrected chi connectivity index (χ2v) is 5.13. The molecule has 0 bridgehead atoms. The van der Waals surface area contributed by atoms with Crippen molar-refractivity contribution in [2.75, 3.05) is 6.26 Å². The van der Waals surface area contributed by atoms with Crippen molar-refractivity contribution in [1.82, 2.24) is 0 Å². The largest absolute Gasteiger partial charge is 0.294 e. The maximum absolute atomic E-state index is 11.9. The Balaban J connectivity index is 2.59. The van der Waals surface area contributed by atoms with E-state index in [2.05, 4.69) is 13.8 Å². The molecule has 0 heterocycles. The van der Waals surface area contributed by atoms with Gasteiger partial charge in [-0.25, -0.2) is 0 Å². The first-order chi connectivity index (χ1) is 7.67. The lowest BCUT2D eigenvalue weighted by Crippen LogP contribution is -2.05. The van der Waals surface area contributed by atoms with Crippen LogP contribution in [-0.4, -0.2) is 12.0 Å². The number of carbonyl (C=O) groups is 1. The molecule has 1 aromatic carbocycles. The minimum Gasteiger partial charge on any atom is -0.294 e. The Hall–Kier alpha value is -0.760. The number of ketones is 1. The third kappa shape index (κ3) is 4.01. The van der Waals surface area contributed by atoms with Crippen LogP contribution < -0.4 is 0 Å². The summed E-state index contributed by atoms with van der Waals surface area (Å²) in [5, 5.41) is 0. The van der Waals surface area contributed by atoms with Crippen LogP contribution in [0.15, 0.2) is 29.2 Å². The van der Waals surface area contributed by atoms with E-state index in [9.17, 15) is 4.79 Å². The summed E-state index contributed by atoms with van der Waals surface area (Å²) in [6, 6.07) is 7.91. The monoisotopic (exact) mass is 236 g/mol. The van der Waals surface area contributed by atoms with Gasteiger partial charge in [0.25, 0.3) is 0 Å². The summed E-state index contributed by atoms with van der Waals surface area (Å²) in [4.78, 5) is 13.1. The van der Waals surface area contributed by atoms with Gasteiger partial charge in [-0.2, -0.15) is 0 Å². The van der Waals surface area contributed by atoms with Gasteiger partial charge in [0, 0.05) is 16.9 Å². The van der Waals surface area contributed by atoms with Crippen molar-refractivity contribution in [1.29, 1.82) is 0 Å². The number of rotatable bonds is 6. The van der Waals surface area contributed by atoms with Crippen molar-refractivity contribution >= 4 is 17.5 Å².